The molecule has 0 aromatic carbocycles. The Morgan fingerprint density at radius 3 is 2.73 bits per heavy atom. The van der Waals surface area contributed by atoms with Gasteiger partial charge in [-0.3, -0.25) is 0 Å². The van der Waals surface area contributed by atoms with Gasteiger partial charge >= 0.3 is 6.03 Å². The van der Waals surface area contributed by atoms with Crippen LogP contribution >= 0.6 is 0 Å². The van der Waals surface area contributed by atoms with Crippen molar-refractivity contribution in [1.82, 2.24) is 25.1 Å². The van der Waals surface area contributed by atoms with Crippen molar-refractivity contribution in [3.63, 3.8) is 0 Å². The van der Waals surface area contributed by atoms with Gasteiger partial charge in [-0.1, -0.05) is 12.8 Å². The molecular weight excluding hydrogens is 326 g/mol. The summed E-state index contributed by atoms with van der Waals surface area (Å²) < 4.78 is 0. The van der Waals surface area contributed by atoms with Gasteiger partial charge in [-0.05, 0) is 64.2 Å². The van der Waals surface area contributed by atoms with Crippen molar-refractivity contribution >= 4 is 6.03 Å². The molecule has 1 atom stereocenters. The molecule has 6 heteroatoms. The summed E-state index contributed by atoms with van der Waals surface area (Å²) in [5.41, 5.74) is 1.05. The van der Waals surface area contributed by atoms with Crippen molar-refractivity contribution in [2.75, 3.05) is 39.3 Å². The quantitative estimate of drug-likeness (QED) is 0.793. The molecule has 1 N–H and O–H groups in total. The predicted molar refractivity (Wildman–Crippen MR) is 103 cm³/mol. The molecule has 0 radical (unpaired) electrons. The summed E-state index contributed by atoms with van der Waals surface area (Å²) in [4.78, 5) is 25.3. The molecule has 3 rings (SSSR count). The minimum Gasteiger partial charge on any atom is -0.338 e. The van der Waals surface area contributed by atoms with Gasteiger partial charge < -0.3 is 15.1 Å². The monoisotopic (exact) mass is 359 g/mol. The highest BCUT2D eigenvalue weighted by molar-refractivity contribution is 5.74. The fraction of sp³-hybridized carbons (Fsp3) is 0.750. The van der Waals surface area contributed by atoms with E-state index in [0.717, 1.165) is 44.6 Å². The van der Waals surface area contributed by atoms with Crippen LogP contribution in [0.1, 0.15) is 63.0 Å². The molecular formula is C20H33N5O. The third-order valence-electron chi connectivity index (χ3n) is 5.61. The molecule has 0 bridgehead atoms. The van der Waals surface area contributed by atoms with E-state index in [-0.39, 0.29) is 6.03 Å². The van der Waals surface area contributed by atoms with E-state index in [1.807, 2.05) is 11.0 Å². The fourth-order valence-electron chi connectivity index (χ4n) is 4.07. The first-order valence-electron chi connectivity index (χ1n) is 10.3. The Balaban J connectivity index is 1.33. The summed E-state index contributed by atoms with van der Waals surface area (Å²) in [5, 5.41) is 3.11. The molecule has 3 heterocycles. The van der Waals surface area contributed by atoms with Gasteiger partial charge in [-0.2, -0.15) is 0 Å². The van der Waals surface area contributed by atoms with E-state index in [1.54, 1.807) is 12.5 Å². The highest BCUT2D eigenvalue weighted by atomic mass is 16.2. The molecule has 2 aliphatic rings. The van der Waals surface area contributed by atoms with E-state index in [0.29, 0.717) is 5.92 Å². The number of rotatable bonds is 6. The van der Waals surface area contributed by atoms with E-state index in [1.165, 1.54) is 51.7 Å². The Hall–Kier alpha value is -1.69. The molecule has 26 heavy (non-hydrogen) atoms. The minimum absolute atomic E-state index is 0.0820. The number of piperidine rings is 1. The molecule has 2 aliphatic heterocycles. The van der Waals surface area contributed by atoms with Crippen molar-refractivity contribution < 1.29 is 4.79 Å². The molecule has 0 saturated carbocycles. The molecule has 0 spiro atoms. The van der Waals surface area contributed by atoms with E-state index in [2.05, 4.69) is 20.2 Å². The van der Waals surface area contributed by atoms with Crippen molar-refractivity contribution in [1.29, 1.82) is 0 Å². The lowest BCUT2D eigenvalue weighted by molar-refractivity contribution is 0.178. The van der Waals surface area contributed by atoms with Crippen LogP contribution in [0.2, 0.25) is 0 Å². The number of urea groups is 1. The summed E-state index contributed by atoms with van der Waals surface area (Å²) in [7, 11) is 0. The third kappa shape index (κ3) is 5.94. The molecule has 2 saturated heterocycles. The molecule has 2 fully saturated rings. The molecule has 0 aliphatic carbocycles. The normalized spacial score (nSPS) is 22.0. The fourth-order valence-corrected chi connectivity index (χ4v) is 4.07. The van der Waals surface area contributed by atoms with Crippen LogP contribution in [-0.4, -0.2) is 65.1 Å². The summed E-state index contributed by atoms with van der Waals surface area (Å²) in [5.74, 6) is 0.334. The first kappa shape index (κ1) is 19.1. The second-order valence-electron chi connectivity index (χ2n) is 7.61. The van der Waals surface area contributed by atoms with Crippen LogP contribution in [0, 0.1) is 0 Å². The maximum Gasteiger partial charge on any atom is 0.317 e. The van der Waals surface area contributed by atoms with E-state index in [4.69, 9.17) is 0 Å². The maximum absolute atomic E-state index is 12.5. The zero-order valence-corrected chi connectivity index (χ0v) is 15.9. The topological polar surface area (TPSA) is 61.4 Å². The van der Waals surface area contributed by atoms with Gasteiger partial charge in [0.25, 0.3) is 0 Å². The third-order valence-corrected chi connectivity index (χ3v) is 5.61. The van der Waals surface area contributed by atoms with Gasteiger partial charge in [0.2, 0.25) is 0 Å². The lowest BCUT2D eigenvalue weighted by atomic mass is 9.95. The van der Waals surface area contributed by atoms with Crippen LogP contribution in [0.25, 0.3) is 0 Å². The summed E-state index contributed by atoms with van der Waals surface area (Å²) in [6.45, 7) is 6.07. The van der Waals surface area contributed by atoms with Gasteiger partial charge in [0.1, 0.15) is 6.33 Å². The zero-order chi connectivity index (χ0) is 18.0. The highest BCUT2D eigenvalue weighted by Crippen LogP contribution is 2.24. The Bertz CT molecular complexity index is 530. The molecule has 1 aromatic rings. The summed E-state index contributed by atoms with van der Waals surface area (Å²) in [6, 6.07) is 2.05. The molecule has 144 valence electrons. The van der Waals surface area contributed by atoms with Crippen LogP contribution in [0.5, 0.6) is 0 Å². The van der Waals surface area contributed by atoms with Crippen molar-refractivity contribution in [2.24, 2.45) is 0 Å². The van der Waals surface area contributed by atoms with Gasteiger partial charge in [-0.25, -0.2) is 14.8 Å². The van der Waals surface area contributed by atoms with E-state index in [9.17, 15) is 4.79 Å². The number of hydrogen-bond donors (Lipinski definition) is 1. The standard InChI is InChI=1S/C20H33N5O/c26-20(22-10-3-6-14-24-12-4-1-2-5-13-24)25-15-7-8-18(16-25)19-9-11-21-17-23-19/h9,11,17-18H,1-8,10,12-16H2,(H,22,26). The number of hydrogen-bond acceptors (Lipinski definition) is 4. The van der Waals surface area contributed by atoms with Crippen molar-refractivity contribution in [3.8, 4) is 0 Å². The van der Waals surface area contributed by atoms with Gasteiger partial charge in [0, 0.05) is 37.4 Å². The van der Waals surface area contributed by atoms with E-state index >= 15 is 0 Å². The highest BCUT2D eigenvalue weighted by Gasteiger charge is 2.25. The summed E-state index contributed by atoms with van der Waals surface area (Å²) in [6.07, 6.45) is 13.2. The first-order chi connectivity index (χ1) is 12.8. The first-order valence-corrected chi connectivity index (χ1v) is 10.3. The second-order valence-corrected chi connectivity index (χ2v) is 7.61. The van der Waals surface area contributed by atoms with Crippen LogP contribution in [-0.2, 0) is 0 Å². The van der Waals surface area contributed by atoms with Gasteiger partial charge in [0.05, 0.1) is 0 Å². The number of amides is 2. The van der Waals surface area contributed by atoms with Crippen LogP contribution in [0.3, 0.4) is 0 Å². The molecule has 6 nitrogen and oxygen atoms in total. The summed E-state index contributed by atoms with van der Waals surface area (Å²) >= 11 is 0. The smallest absolute Gasteiger partial charge is 0.317 e. The average molecular weight is 360 g/mol. The molecule has 1 unspecified atom stereocenters. The van der Waals surface area contributed by atoms with Gasteiger partial charge in [-0.15, -0.1) is 0 Å². The zero-order valence-electron chi connectivity index (χ0n) is 15.9. The predicted octanol–water partition coefficient (Wildman–Crippen LogP) is 3.02. The Morgan fingerprint density at radius 1 is 1.12 bits per heavy atom. The minimum atomic E-state index is 0.0820. The maximum atomic E-state index is 12.5. The lowest BCUT2D eigenvalue weighted by Gasteiger charge is -2.32. The van der Waals surface area contributed by atoms with Gasteiger partial charge in [0.15, 0.2) is 0 Å². The van der Waals surface area contributed by atoms with Crippen LogP contribution in [0.4, 0.5) is 4.79 Å². The molecule has 1 aromatic heterocycles. The number of aromatic nitrogens is 2. The number of nitrogens with one attached hydrogen (secondary N) is 1. The van der Waals surface area contributed by atoms with Crippen molar-refractivity contribution in [3.05, 3.63) is 24.3 Å². The van der Waals surface area contributed by atoms with Crippen LogP contribution in [0.15, 0.2) is 18.6 Å². The average Bonchev–Trinajstić information content (AvgIpc) is 2.97. The van der Waals surface area contributed by atoms with E-state index < -0.39 is 0 Å². The Labute approximate surface area is 157 Å². The second kappa shape index (κ2) is 10.5. The Morgan fingerprint density at radius 2 is 1.96 bits per heavy atom. The number of carbonyl (C=O) groups is 1. The molecule has 2 amide bonds. The number of unbranched alkanes of at least 4 members (excludes halogenated alkanes) is 1. The SMILES string of the molecule is O=C(NCCCCN1CCCCCC1)N1CCCC(c2ccncn2)C1. The number of nitrogens with zero attached hydrogens (tertiary/aromatic N) is 4. The lowest BCUT2D eigenvalue weighted by Crippen LogP contribution is -2.45. The number of carbonyl (C=O) groups excluding carboxylic acids is 1. The largest absolute Gasteiger partial charge is 0.338 e. The Kier molecular flexibility index (Phi) is 7.67. The number of likely N-dealkylation sites (tertiary alicyclic amines) is 2. The van der Waals surface area contributed by atoms with Crippen LogP contribution < -0.4 is 5.32 Å². The van der Waals surface area contributed by atoms with Crippen molar-refractivity contribution in [2.45, 2.75) is 57.3 Å².